The number of carbonyl (C=O) groups excluding carboxylic acids is 5. The van der Waals surface area contributed by atoms with Gasteiger partial charge in [-0.05, 0) is 14.1 Å². The molecule has 0 aromatic carbocycles. The van der Waals surface area contributed by atoms with Gasteiger partial charge in [-0.25, -0.2) is 14.1 Å². The average Bonchev–Trinajstić information content (AvgIpc) is 3.13. The fourth-order valence-corrected chi connectivity index (χ4v) is 3.71. The third-order valence-electron chi connectivity index (χ3n) is 4.28. The molecule has 1 saturated heterocycles. The van der Waals surface area contributed by atoms with Crippen LogP contribution in [-0.2, 0) is 33.4 Å². The van der Waals surface area contributed by atoms with Crippen molar-refractivity contribution in [1.82, 2.24) is 19.3 Å². The Hall–Kier alpha value is -2.40. The highest BCUT2D eigenvalue weighted by Crippen LogP contribution is 2.46. The molecule has 0 aliphatic carbocycles. The molecular weight excluding hydrogens is 395 g/mol. The summed E-state index contributed by atoms with van der Waals surface area (Å²) in [5.41, 5.74) is 0. The minimum absolute atomic E-state index is 0.0276. The lowest BCUT2D eigenvalue weighted by Crippen LogP contribution is -2.38. The minimum Gasteiger partial charge on any atom is -0.330 e. The molecule has 2 aliphatic rings. The number of imide groups is 2. The summed E-state index contributed by atoms with van der Waals surface area (Å²) in [6.07, 6.45) is 1.85. The summed E-state index contributed by atoms with van der Waals surface area (Å²) in [6.45, 7) is -0.310. The van der Waals surface area contributed by atoms with Crippen LogP contribution in [0.3, 0.4) is 0 Å². The van der Waals surface area contributed by atoms with Gasteiger partial charge >= 0.3 is 13.6 Å². The van der Waals surface area contributed by atoms with Crippen LogP contribution >= 0.6 is 7.67 Å². The van der Waals surface area contributed by atoms with E-state index in [1.807, 2.05) is 0 Å². The summed E-state index contributed by atoms with van der Waals surface area (Å²) >= 11 is 0. The second-order valence-corrected chi connectivity index (χ2v) is 8.62. The summed E-state index contributed by atoms with van der Waals surface area (Å²) in [6, 6.07) is 0. The maximum Gasteiger partial charge on any atom is 0.343 e. The number of rotatable bonds is 9. The van der Waals surface area contributed by atoms with Gasteiger partial charge in [-0.2, -0.15) is 0 Å². The van der Waals surface area contributed by atoms with Gasteiger partial charge in [-0.3, -0.25) is 28.6 Å². The van der Waals surface area contributed by atoms with Crippen LogP contribution in [0.2, 0.25) is 0 Å². The van der Waals surface area contributed by atoms with Gasteiger partial charge in [0.25, 0.3) is 23.6 Å². The highest BCUT2D eigenvalue weighted by molar-refractivity contribution is 7.52. The molecule has 154 valence electrons. The zero-order valence-electron chi connectivity index (χ0n) is 15.4. The summed E-state index contributed by atoms with van der Waals surface area (Å²) in [5, 5.41) is 0.408. The van der Waals surface area contributed by atoms with E-state index >= 15 is 0 Å². The smallest absolute Gasteiger partial charge is 0.330 e. The minimum atomic E-state index is -4.05. The molecule has 0 radical (unpaired) electrons. The van der Waals surface area contributed by atoms with Gasteiger partial charge in [0.15, 0.2) is 0 Å². The van der Waals surface area contributed by atoms with Crippen molar-refractivity contribution in [3.63, 3.8) is 0 Å². The number of hydrogen-bond acceptors (Lipinski definition) is 7. The van der Waals surface area contributed by atoms with Gasteiger partial charge in [-0.15, -0.1) is 5.06 Å². The predicted octanol–water partition coefficient (Wildman–Crippen LogP) is -1.13. The topological polar surface area (TPSA) is 145 Å². The Morgan fingerprint density at radius 1 is 1.07 bits per heavy atom. The molecule has 1 fully saturated rings. The maximum absolute atomic E-state index is 12.6. The molecule has 0 aromatic rings. The molecule has 2 heterocycles. The van der Waals surface area contributed by atoms with Crippen LogP contribution in [0.1, 0.15) is 19.3 Å². The van der Waals surface area contributed by atoms with Gasteiger partial charge < -0.3 is 9.73 Å². The molecule has 28 heavy (non-hydrogen) atoms. The summed E-state index contributed by atoms with van der Waals surface area (Å²) < 4.78 is 14.7. The Labute approximate surface area is 160 Å². The summed E-state index contributed by atoms with van der Waals surface area (Å²) in [4.78, 5) is 73.5. The first-order chi connectivity index (χ1) is 13.0. The van der Waals surface area contributed by atoms with Crippen molar-refractivity contribution >= 4 is 37.3 Å². The van der Waals surface area contributed by atoms with Gasteiger partial charge in [0.05, 0.1) is 6.42 Å². The van der Waals surface area contributed by atoms with Crippen molar-refractivity contribution in [2.45, 2.75) is 19.3 Å². The molecule has 0 bridgehead atoms. The zero-order valence-corrected chi connectivity index (χ0v) is 16.3. The van der Waals surface area contributed by atoms with Crippen molar-refractivity contribution in [3.05, 3.63) is 12.2 Å². The lowest BCUT2D eigenvalue weighted by atomic mass is 10.4. The highest BCUT2D eigenvalue weighted by Gasteiger charge is 2.35. The fraction of sp³-hybridized carbons (Fsp3) is 0.533. The number of carbonyl (C=O) groups is 5. The lowest BCUT2D eigenvalue weighted by molar-refractivity contribution is -0.197. The third-order valence-corrected chi connectivity index (χ3v) is 6.45. The Morgan fingerprint density at radius 3 is 2.11 bits per heavy atom. The fourth-order valence-electron chi connectivity index (χ4n) is 2.48. The van der Waals surface area contributed by atoms with E-state index in [-0.39, 0.29) is 38.9 Å². The van der Waals surface area contributed by atoms with Gasteiger partial charge in [0.1, 0.15) is 0 Å². The van der Waals surface area contributed by atoms with Crippen LogP contribution in [0.25, 0.3) is 0 Å². The Balaban J connectivity index is 1.81. The standard InChI is InChI=1S/C15H21N4O8P/c1-16(8-7-15(24)27-19-13(22)5-6-14(19)23)28(25,26)17(2)9-10-18-11(20)3-4-12(18)21/h3-4H,5-10H2,1-2H3,(H,25,26). The molecule has 1 unspecified atom stereocenters. The monoisotopic (exact) mass is 416 g/mol. The second kappa shape index (κ2) is 8.74. The first-order valence-corrected chi connectivity index (χ1v) is 9.96. The molecule has 0 spiro atoms. The van der Waals surface area contributed by atoms with Gasteiger partial charge in [-0.1, -0.05) is 0 Å². The molecule has 1 atom stereocenters. The van der Waals surface area contributed by atoms with Crippen LogP contribution in [-0.4, -0.2) is 87.5 Å². The number of amides is 4. The molecule has 0 aromatic heterocycles. The van der Waals surface area contributed by atoms with Crippen molar-refractivity contribution in [2.75, 3.05) is 33.7 Å². The normalized spacial score (nSPS) is 19.3. The van der Waals surface area contributed by atoms with E-state index in [0.29, 0.717) is 5.06 Å². The second-order valence-electron chi connectivity index (χ2n) is 6.23. The Morgan fingerprint density at radius 2 is 1.57 bits per heavy atom. The van der Waals surface area contributed by atoms with Crippen LogP contribution < -0.4 is 0 Å². The highest BCUT2D eigenvalue weighted by atomic mass is 31.2. The third kappa shape index (κ3) is 4.90. The molecule has 2 aliphatic heterocycles. The largest absolute Gasteiger partial charge is 0.343 e. The molecule has 0 saturated carbocycles. The number of nitrogens with zero attached hydrogens (tertiary/aromatic N) is 4. The van der Waals surface area contributed by atoms with E-state index in [1.165, 1.54) is 14.1 Å². The van der Waals surface area contributed by atoms with E-state index in [4.69, 9.17) is 4.84 Å². The molecule has 13 heteroatoms. The molecule has 1 N–H and O–H groups in total. The lowest BCUT2D eigenvalue weighted by Gasteiger charge is -2.31. The first kappa shape index (κ1) is 21.9. The van der Waals surface area contributed by atoms with Gasteiger partial charge in [0, 0.05) is 44.6 Å². The van der Waals surface area contributed by atoms with Crippen LogP contribution in [0.5, 0.6) is 0 Å². The van der Waals surface area contributed by atoms with E-state index in [1.54, 1.807) is 0 Å². The zero-order chi connectivity index (χ0) is 21.1. The maximum atomic E-state index is 12.6. The summed E-state index contributed by atoms with van der Waals surface area (Å²) in [5.74, 6) is -3.10. The van der Waals surface area contributed by atoms with Crippen molar-refractivity contribution in [1.29, 1.82) is 0 Å². The predicted molar refractivity (Wildman–Crippen MR) is 92.7 cm³/mol. The first-order valence-electron chi connectivity index (χ1n) is 8.40. The quantitative estimate of drug-likeness (QED) is 0.362. The summed E-state index contributed by atoms with van der Waals surface area (Å²) in [7, 11) is -1.39. The SMILES string of the molecule is CN(CCC(=O)ON1C(=O)CCC1=O)P(=O)(O)N(C)CCN1C(=O)C=CC1=O. The van der Waals surface area contributed by atoms with E-state index in [0.717, 1.165) is 26.4 Å². The number of hydrogen-bond donors (Lipinski definition) is 1. The van der Waals surface area contributed by atoms with Crippen molar-refractivity contribution in [2.24, 2.45) is 0 Å². The number of hydroxylamine groups is 2. The van der Waals surface area contributed by atoms with Crippen LogP contribution in [0.4, 0.5) is 0 Å². The van der Waals surface area contributed by atoms with Crippen molar-refractivity contribution in [3.8, 4) is 0 Å². The molecule has 2 rings (SSSR count). The Kier molecular flexibility index (Phi) is 6.83. The average molecular weight is 416 g/mol. The van der Waals surface area contributed by atoms with E-state index in [9.17, 15) is 33.4 Å². The van der Waals surface area contributed by atoms with E-state index < -0.39 is 37.3 Å². The van der Waals surface area contributed by atoms with Crippen molar-refractivity contribution < 1.29 is 38.3 Å². The molecule has 12 nitrogen and oxygen atoms in total. The van der Waals surface area contributed by atoms with E-state index in [2.05, 4.69) is 0 Å². The van der Waals surface area contributed by atoms with Crippen LogP contribution in [0.15, 0.2) is 12.2 Å². The van der Waals surface area contributed by atoms with Crippen LogP contribution in [0, 0.1) is 0 Å². The Bertz CT molecular complexity index is 748. The number of likely N-dealkylation sites (N-methyl/N-ethyl adjacent to an activating group) is 1. The molecule has 4 amide bonds. The molecular formula is C15H21N4O8P. The van der Waals surface area contributed by atoms with Gasteiger partial charge in [0.2, 0.25) is 0 Å².